The molecule has 0 aromatic carbocycles. The standard InChI is InChI=1S/C17H34N2/c1-14(2)11-19(15(3)4)13-17(9-5-6-10-17)12-18-16-7-8-16/h14-16,18H,5-13H2,1-4H3. The summed E-state index contributed by atoms with van der Waals surface area (Å²) in [6.07, 6.45) is 8.59. The highest BCUT2D eigenvalue weighted by molar-refractivity contribution is 4.93. The molecule has 2 nitrogen and oxygen atoms in total. The smallest absolute Gasteiger partial charge is 0.00684 e. The molecule has 0 saturated heterocycles. The van der Waals surface area contributed by atoms with E-state index >= 15 is 0 Å². The highest BCUT2D eigenvalue weighted by atomic mass is 15.2. The average Bonchev–Trinajstić information content (AvgIpc) is 3.06. The van der Waals surface area contributed by atoms with Crippen LogP contribution in [-0.2, 0) is 0 Å². The summed E-state index contributed by atoms with van der Waals surface area (Å²) in [5.41, 5.74) is 0.571. The van der Waals surface area contributed by atoms with Gasteiger partial charge >= 0.3 is 0 Å². The lowest BCUT2D eigenvalue weighted by molar-refractivity contribution is 0.109. The third-order valence-electron chi connectivity index (χ3n) is 4.88. The number of hydrogen-bond acceptors (Lipinski definition) is 2. The number of rotatable bonds is 8. The second kappa shape index (κ2) is 6.58. The number of nitrogens with one attached hydrogen (secondary N) is 1. The molecule has 2 heteroatoms. The Bertz CT molecular complexity index is 262. The highest BCUT2D eigenvalue weighted by Gasteiger charge is 2.37. The lowest BCUT2D eigenvalue weighted by atomic mass is 9.84. The van der Waals surface area contributed by atoms with Gasteiger partial charge in [-0.15, -0.1) is 0 Å². The first-order chi connectivity index (χ1) is 9.01. The molecule has 112 valence electrons. The molecule has 2 aliphatic carbocycles. The van der Waals surface area contributed by atoms with E-state index in [1.807, 2.05) is 0 Å². The zero-order valence-corrected chi connectivity index (χ0v) is 13.5. The molecule has 0 amide bonds. The summed E-state index contributed by atoms with van der Waals surface area (Å²) < 4.78 is 0. The van der Waals surface area contributed by atoms with Gasteiger partial charge in [-0.2, -0.15) is 0 Å². The van der Waals surface area contributed by atoms with Gasteiger partial charge in [0.05, 0.1) is 0 Å². The van der Waals surface area contributed by atoms with E-state index in [0.717, 1.165) is 12.0 Å². The maximum atomic E-state index is 3.81. The van der Waals surface area contributed by atoms with Crippen LogP contribution in [0.3, 0.4) is 0 Å². The Morgan fingerprint density at radius 2 is 1.74 bits per heavy atom. The molecule has 0 unspecified atom stereocenters. The van der Waals surface area contributed by atoms with Gasteiger partial charge in [-0.05, 0) is 50.9 Å². The summed E-state index contributed by atoms with van der Waals surface area (Å²) in [5, 5.41) is 3.81. The zero-order valence-electron chi connectivity index (χ0n) is 13.5. The fraction of sp³-hybridized carbons (Fsp3) is 1.00. The van der Waals surface area contributed by atoms with Crippen molar-refractivity contribution in [2.24, 2.45) is 11.3 Å². The van der Waals surface area contributed by atoms with Crippen molar-refractivity contribution in [1.82, 2.24) is 10.2 Å². The molecule has 0 aromatic rings. The Morgan fingerprint density at radius 1 is 1.11 bits per heavy atom. The first-order valence-corrected chi connectivity index (χ1v) is 8.48. The van der Waals surface area contributed by atoms with Gasteiger partial charge in [-0.25, -0.2) is 0 Å². The van der Waals surface area contributed by atoms with Gasteiger partial charge in [0.1, 0.15) is 0 Å². The van der Waals surface area contributed by atoms with E-state index in [1.165, 1.54) is 58.2 Å². The molecule has 1 N–H and O–H groups in total. The molecule has 0 bridgehead atoms. The SMILES string of the molecule is CC(C)CN(CC1(CNC2CC2)CCCC1)C(C)C. The lowest BCUT2D eigenvalue weighted by Crippen LogP contribution is -2.46. The predicted molar refractivity (Wildman–Crippen MR) is 83.5 cm³/mol. The van der Waals surface area contributed by atoms with Crippen molar-refractivity contribution in [1.29, 1.82) is 0 Å². The van der Waals surface area contributed by atoms with Crippen molar-refractivity contribution in [3.63, 3.8) is 0 Å². The van der Waals surface area contributed by atoms with Crippen molar-refractivity contribution in [3.8, 4) is 0 Å². The maximum absolute atomic E-state index is 3.81. The van der Waals surface area contributed by atoms with Gasteiger partial charge < -0.3 is 10.2 Å². The third-order valence-corrected chi connectivity index (χ3v) is 4.88. The molecule has 2 fully saturated rings. The highest BCUT2D eigenvalue weighted by Crippen LogP contribution is 2.39. The Labute approximate surface area is 120 Å². The summed E-state index contributed by atoms with van der Waals surface area (Å²) >= 11 is 0. The second-order valence-electron chi connectivity index (χ2n) is 7.78. The monoisotopic (exact) mass is 266 g/mol. The van der Waals surface area contributed by atoms with Crippen LogP contribution in [-0.4, -0.2) is 36.6 Å². The Hall–Kier alpha value is -0.0800. The second-order valence-corrected chi connectivity index (χ2v) is 7.78. The Balaban J connectivity index is 1.92. The van der Waals surface area contributed by atoms with Crippen LogP contribution < -0.4 is 5.32 Å². The molecule has 2 aliphatic rings. The van der Waals surface area contributed by atoms with Crippen LogP contribution in [0.5, 0.6) is 0 Å². The van der Waals surface area contributed by atoms with Crippen LogP contribution in [0.2, 0.25) is 0 Å². The lowest BCUT2D eigenvalue weighted by Gasteiger charge is -2.38. The van der Waals surface area contributed by atoms with Crippen molar-refractivity contribution in [3.05, 3.63) is 0 Å². The molecule has 19 heavy (non-hydrogen) atoms. The van der Waals surface area contributed by atoms with Crippen LogP contribution in [0.15, 0.2) is 0 Å². The summed E-state index contributed by atoms with van der Waals surface area (Å²) in [6, 6.07) is 1.54. The van der Waals surface area contributed by atoms with Crippen molar-refractivity contribution >= 4 is 0 Å². The molecule has 0 radical (unpaired) electrons. The average molecular weight is 266 g/mol. The summed E-state index contributed by atoms with van der Waals surface area (Å²) in [5.74, 6) is 0.775. The molecule has 0 aromatic heterocycles. The maximum Gasteiger partial charge on any atom is 0.00684 e. The van der Waals surface area contributed by atoms with E-state index in [2.05, 4.69) is 37.9 Å². The first-order valence-electron chi connectivity index (χ1n) is 8.48. The van der Waals surface area contributed by atoms with Gasteiger partial charge in [0, 0.05) is 31.7 Å². The number of nitrogens with zero attached hydrogens (tertiary/aromatic N) is 1. The molecule has 0 atom stereocenters. The minimum atomic E-state index is 0.571. The zero-order chi connectivity index (χ0) is 13.9. The summed E-state index contributed by atoms with van der Waals surface area (Å²) in [4.78, 5) is 2.73. The van der Waals surface area contributed by atoms with E-state index in [0.29, 0.717) is 11.5 Å². The third kappa shape index (κ3) is 4.75. The minimum Gasteiger partial charge on any atom is -0.313 e. The van der Waals surface area contributed by atoms with Crippen LogP contribution >= 0.6 is 0 Å². The topological polar surface area (TPSA) is 15.3 Å². The van der Waals surface area contributed by atoms with E-state index in [9.17, 15) is 0 Å². The van der Waals surface area contributed by atoms with E-state index in [4.69, 9.17) is 0 Å². The first kappa shape index (κ1) is 15.3. The van der Waals surface area contributed by atoms with Gasteiger partial charge in [0.15, 0.2) is 0 Å². The Kier molecular flexibility index (Phi) is 5.30. The van der Waals surface area contributed by atoms with Crippen LogP contribution in [0, 0.1) is 11.3 Å². The van der Waals surface area contributed by atoms with Crippen LogP contribution in [0.25, 0.3) is 0 Å². The van der Waals surface area contributed by atoms with Gasteiger partial charge in [0.2, 0.25) is 0 Å². The normalized spacial score (nSPS) is 22.9. The number of hydrogen-bond donors (Lipinski definition) is 1. The van der Waals surface area contributed by atoms with Gasteiger partial charge in [-0.3, -0.25) is 0 Å². The van der Waals surface area contributed by atoms with Gasteiger partial charge in [0.25, 0.3) is 0 Å². The molecular formula is C17H34N2. The fourth-order valence-electron chi connectivity index (χ4n) is 3.52. The molecular weight excluding hydrogens is 232 g/mol. The minimum absolute atomic E-state index is 0.571. The predicted octanol–water partition coefficient (Wildman–Crippen LogP) is 3.67. The molecule has 0 heterocycles. The van der Waals surface area contributed by atoms with Crippen molar-refractivity contribution in [2.45, 2.75) is 78.3 Å². The van der Waals surface area contributed by atoms with Crippen LogP contribution in [0.4, 0.5) is 0 Å². The molecule has 2 saturated carbocycles. The van der Waals surface area contributed by atoms with Crippen molar-refractivity contribution in [2.75, 3.05) is 19.6 Å². The van der Waals surface area contributed by atoms with E-state index in [-0.39, 0.29) is 0 Å². The molecule has 2 rings (SSSR count). The Morgan fingerprint density at radius 3 is 2.21 bits per heavy atom. The van der Waals surface area contributed by atoms with E-state index < -0.39 is 0 Å². The van der Waals surface area contributed by atoms with Gasteiger partial charge in [-0.1, -0.05) is 26.7 Å². The van der Waals surface area contributed by atoms with E-state index in [1.54, 1.807) is 0 Å². The van der Waals surface area contributed by atoms with Crippen molar-refractivity contribution < 1.29 is 0 Å². The summed E-state index contributed by atoms with van der Waals surface area (Å²) in [7, 11) is 0. The largest absolute Gasteiger partial charge is 0.313 e. The summed E-state index contributed by atoms with van der Waals surface area (Å²) in [6.45, 7) is 13.2. The quantitative estimate of drug-likeness (QED) is 0.721. The van der Waals surface area contributed by atoms with Crippen LogP contribution in [0.1, 0.15) is 66.2 Å². The fourth-order valence-corrected chi connectivity index (χ4v) is 3.52. The molecule has 0 spiro atoms. The molecule has 0 aliphatic heterocycles.